The summed E-state index contributed by atoms with van der Waals surface area (Å²) >= 11 is 1.54. The van der Waals surface area contributed by atoms with Gasteiger partial charge < -0.3 is 14.6 Å². The van der Waals surface area contributed by atoms with Crippen LogP contribution in [-0.2, 0) is 19.5 Å². The monoisotopic (exact) mass is 415 g/mol. The van der Waals surface area contributed by atoms with Gasteiger partial charge in [0.05, 0.1) is 19.1 Å². The van der Waals surface area contributed by atoms with Crippen molar-refractivity contribution in [1.29, 1.82) is 0 Å². The number of aromatic nitrogens is 2. The zero-order valence-corrected chi connectivity index (χ0v) is 17.5. The lowest BCUT2D eigenvalue weighted by Crippen LogP contribution is -2.28. The minimum Gasteiger partial charge on any atom is -0.493 e. The van der Waals surface area contributed by atoms with Crippen LogP contribution in [0.4, 0.5) is 0 Å². The summed E-state index contributed by atoms with van der Waals surface area (Å²) in [6, 6.07) is 5.85. The maximum Gasteiger partial charge on any atom is 0.262 e. The largest absolute Gasteiger partial charge is 0.493 e. The summed E-state index contributed by atoms with van der Waals surface area (Å²) in [6.07, 6.45) is 0.747. The molecule has 0 saturated heterocycles. The summed E-state index contributed by atoms with van der Waals surface area (Å²) < 4.78 is 12.8. The maximum absolute atomic E-state index is 12.9. The average molecular weight is 416 g/mol. The van der Waals surface area contributed by atoms with Crippen molar-refractivity contribution < 1.29 is 14.6 Å². The van der Waals surface area contributed by atoms with Crippen LogP contribution >= 0.6 is 11.3 Å². The number of aryl methyl sites for hydroxylation is 1. The van der Waals surface area contributed by atoms with Gasteiger partial charge in [0.25, 0.3) is 5.56 Å². The van der Waals surface area contributed by atoms with Crippen LogP contribution in [0.15, 0.2) is 28.4 Å². The number of aliphatic hydroxyl groups excluding tert-OH is 1. The second kappa shape index (κ2) is 8.52. The molecule has 0 saturated carbocycles. The number of ether oxygens (including phenoxy) is 2. The van der Waals surface area contributed by atoms with Crippen molar-refractivity contribution >= 4 is 21.6 Å². The molecule has 1 N–H and O–H groups in total. The van der Waals surface area contributed by atoms with Crippen LogP contribution in [-0.4, -0.2) is 53.0 Å². The van der Waals surface area contributed by atoms with Gasteiger partial charge in [-0.3, -0.25) is 14.3 Å². The molecular weight excluding hydrogens is 390 g/mol. The van der Waals surface area contributed by atoms with Crippen LogP contribution in [0.5, 0.6) is 11.5 Å². The molecule has 0 unspecified atom stereocenters. The van der Waals surface area contributed by atoms with Gasteiger partial charge in [-0.25, -0.2) is 4.98 Å². The van der Waals surface area contributed by atoms with Crippen LogP contribution in [0, 0.1) is 6.92 Å². The van der Waals surface area contributed by atoms with Crippen LogP contribution in [0.2, 0.25) is 0 Å². The number of rotatable bonds is 6. The number of aliphatic hydroxyl groups is 1. The van der Waals surface area contributed by atoms with Crippen molar-refractivity contribution in [2.75, 3.05) is 33.4 Å². The molecule has 0 aliphatic carbocycles. The number of fused-ring (bicyclic) bond motifs is 2. The van der Waals surface area contributed by atoms with E-state index in [0.717, 1.165) is 53.2 Å². The molecule has 7 nitrogen and oxygen atoms in total. The molecule has 1 aliphatic heterocycles. The quantitative estimate of drug-likeness (QED) is 0.665. The van der Waals surface area contributed by atoms with Gasteiger partial charge in [0.1, 0.15) is 17.3 Å². The normalized spacial score (nSPS) is 14.6. The average Bonchev–Trinajstić information content (AvgIpc) is 2.98. The Kier molecular flexibility index (Phi) is 5.84. The first-order chi connectivity index (χ1) is 14.1. The van der Waals surface area contributed by atoms with Gasteiger partial charge in [0, 0.05) is 32.6 Å². The Balaban J connectivity index is 1.51. The van der Waals surface area contributed by atoms with Gasteiger partial charge in [-0.15, -0.1) is 11.3 Å². The first kappa shape index (κ1) is 19.9. The molecule has 0 bridgehead atoms. The molecule has 1 aromatic carbocycles. The first-order valence-electron chi connectivity index (χ1n) is 9.71. The SMILES string of the molecule is COc1cc(CN2CCc3nc4scc(C)c4c(=O)n3CC2)ccc1OCCO. The summed E-state index contributed by atoms with van der Waals surface area (Å²) in [6.45, 7) is 5.19. The van der Waals surface area contributed by atoms with Crippen LogP contribution in [0.25, 0.3) is 10.2 Å². The summed E-state index contributed by atoms with van der Waals surface area (Å²) in [5.41, 5.74) is 2.20. The summed E-state index contributed by atoms with van der Waals surface area (Å²) in [4.78, 5) is 20.9. The van der Waals surface area contributed by atoms with Gasteiger partial charge in [-0.2, -0.15) is 0 Å². The number of hydrogen-bond acceptors (Lipinski definition) is 7. The lowest BCUT2D eigenvalue weighted by molar-refractivity contribution is 0.196. The number of methoxy groups -OCH3 is 1. The molecule has 154 valence electrons. The molecule has 1 aliphatic rings. The second-order valence-electron chi connectivity index (χ2n) is 7.17. The van der Waals surface area contributed by atoms with Gasteiger partial charge in [-0.05, 0) is 35.6 Å². The van der Waals surface area contributed by atoms with E-state index in [9.17, 15) is 4.79 Å². The van der Waals surface area contributed by atoms with E-state index in [1.54, 1.807) is 18.4 Å². The fourth-order valence-electron chi connectivity index (χ4n) is 3.74. The molecule has 8 heteroatoms. The van der Waals surface area contributed by atoms with Gasteiger partial charge in [0.2, 0.25) is 0 Å². The molecule has 0 atom stereocenters. The third kappa shape index (κ3) is 4.01. The highest BCUT2D eigenvalue weighted by atomic mass is 32.1. The van der Waals surface area contributed by atoms with Gasteiger partial charge >= 0.3 is 0 Å². The summed E-state index contributed by atoms with van der Waals surface area (Å²) in [5.74, 6) is 2.15. The van der Waals surface area contributed by atoms with E-state index >= 15 is 0 Å². The predicted octanol–water partition coefficient (Wildman–Crippen LogP) is 2.20. The van der Waals surface area contributed by atoms with E-state index in [-0.39, 0.29) is 18.8 Å². The molecule has 0 radical (unpaired) electrons. The topological polar surface area (TPSA) is 76.8 Å². The van der Waals surface area contributed by atoms with Crippen molar-refractivity contribution in [1.82, 2.24) is 14.5 Å². The number of nitrogens with zero attached hydrogens (tertiary/aromatic N) is 3. The minimum atomic E-state index is -0.0378. The molecule has 4 rings (SSSR count). The molecule has 29 heavy (non-hydrogen) atoms. The molecule has 0 fully saturated rings. The third-order valence-electron chi connectivity index (χ3n) is 5.23. The van der Waals surface area contributed by atoms with Gasteiger partial charge in [-0.1, -0.05) is 6.07 Å². The molecule has 3 aromatic rings. The molecule has 0 spiro atoms. The summed E-state index contributed by atoms with van der Waals surface area (Å²) in [7, 11) is 1.61. The van der Waals surface area contributed by atoms with Crippen molar-refractivity contribution in [3.63, 3.8) is 0 Å². The fourth-order valence-corrected chi connectivity index (χ4v) is 4.67. The Hall–Kier alpha value is -2.42. The van der Waals surface area contributed by atoms with Crippen LogP contribution in [0.3, 0.4) is 0 Å². The molecular formula is C21H25N3O4S. The van der Waals surface area contributed by atoms with E-state index in [0.29, 0.717) is 18.0 Å². The van der Waals surface area contributed by atoms with Crippen molar-refractivity contribution in [2.24, 2.45) is 0 Å². The minimum absolute atomic E-state index is 0.0378. The maximum atomic E-state index is 12.9. The van der Waals surface area contributed by atoms with E-state index in [4.69, 9.17) is 19.6 Å². The zero-order valence-electron chi connectivity index (χ0n) is 16.7. The Labute approximate surface area is 173 Å². The highest BCUT2D eigenvalue weighted by Crippen LogP contribution is 2.29. The van der Waals surface area contributed by atoms with E-state index in [2.05, 4.69) is 4.90 Å². The van der Waals surface area contributed by atoms with E-state index in [1.807, 2.05) is 35.1 Å². The lowest BCUT2D eigenvalue weighted by atomic mass is 10.2. The highest BCUT2D eigenvalue weighted by molar-refractivity contribution is 7.16. The van der Waals surface area contributed by atoms with Crippen molar-refractivity contribution in [2.45, 2.75) is 26.4 Å². The Bertz CT molecular complexity index is 1080. The van der Waals surface area contributed by atoms with Crippen molar-refractivity contribution in [3.05, 3.63) is 50.9 Å². The smallest absolute Gasteiger partial charge is 0.262 e. The van der Waals surface area contributed by atoms with E-state index < -0.39 is 0 Å². The number of benzene rings is 1. The number of thiophene rings is 1. The Morgan fingerprint density at radius 1 is 1.24 bits per heavy atom. The second-order valence-corrected chi connectivity index (χ2v) is 8.03. The van der Waals surface area contributed by atoms with E-state index in [1.165, 1.54) is 0 Å². The fraction of sp³-hybridized carbons (Fsp3) is 0.429. The number of hydrogen-bond donors (Lipinski definition) is 1. The Morgan fingerprint density at radius 2 is 2.10 bits per heavy atom. The Morgan fingerprint density at radius 3 is 2.90 bits per heavy atom. The standard InChI is InChI=1S/C21H25N3O4S/c1-14-13-29-20-19(14)21(26)24-8-7-23(6-5-18(24)22-20)12-15-3-4-16(28-10-9-25)17(11-15)27-2/h3-4,11,13,25H,5-10,12H2,1-2H3. The molecule has 0 amide bonds. The van der Waals surface area contributed by atoms with Crippen LogP contribution < -0.4 is 15.0 Å². The molecule has 3 heterocycles. The van der Waals surface area contributed by atoms with Crippen LogP contribution in [0.1, 0.15) is 17.0 Å². The highest BCUT2D eigenvalue weighted by Gasteiger charge is 2.19. The summed E-state index contributed by atoms with van der Waals surface area (Å²) in [5, 5.41) is 11.7. The van der Waals surface area contributed by atoms with Gasteiger partial charge in [0.15, 0.2) is 11.5 Å². The lowest BCUT2D eigenvalue weighted by Gasteiger charge is -2.20. The third-order valence-corrected chi connectivity index (χ3v) is 6.22. The van der Waals surface area contributed by atoms with Crippen molar-refractivity contribution in [3.8, 4) is 11.5 Å². The first-order valence-corrected chi connectivity index (χ1v) is 10.6. The zero-order chi connectivity index (χ0) is 20.4. The predicted molar refractivity (Wildman–Crippen MR) is 113 cm³/mol. The molecule has 2 aromatic heterocycles.